The van der Waals surface area contributed by atoms with Crippen molar-refractivity contribution in [2.75, 3.05) is 31.7 Å². The van der Waals surface area contributed by atoms with Crippen molar-refractivity contribution in [3.63, 3.8) is 0 Å². The third kappa shape index (κ3) is 7.01. The number of halogens is 1. The Hall–Kier alpha value is -1.83. The van der Waals surface area contributed by atoms with Crippen molar-refractivity contribution in [1.82, 2.24) is 10.2 Å². The Labute approximate surface area is 173 Å². The first kappa shape index (κ1) is 21.5. The molecule has 0 saturated heterocycles. The summed E-state index contributed by atoms with van der Waals surface area (Å²) >= 11 is 4.98. The van der Waals surface area contributed by atoms with Crippen LogP contribution in [-0.4, -0.2) is 43.1 Å². The maximum Gasteiger partial charge on any atom is 0.238 e. The largest absolute Gasteiger partial charge is 0.348 e. The third-order valence-electron chi connectivity index (χ3n) is 3.96. The van der Waals surface area contributed by atoms with E-state index in [1.54, 1.807) is 23.7 Å². The number of para-hydroxylation sites is 1. The second-order valence-electron chi connectivity index (χ2n) is 6.26. The Morgan fingerprint density at radius 3 is 2.37 bits per heavy atom. The molecule has 0 heterocycles. The molecule has 1 unspecified atom stereocenters. The first-order valence-corrected chi connectivity index (χ1v) is 10.6. The van der Waals surface area contributed by atoms with E-state index in [0.29, 0.717) is 0 Å². The second kappa shape index (κ2) is 10.5. The smallest absolute Gasteiger partial charge is 0.238 e. The molecule has 2 amide bonds. The van der Waals surface area contributed by atoms with Gasteiger partial charge in [0.05, 0.1) is 24.8 Å². The zero-order valence-corrected chi connectivity index (χ0v) is 18.1. The van der Waals surface area contributed by atoms with Gasteiger partial charge in [-0.3, -0.25) is 14.5 Å². The summed E-state index contributed by atoms with van der Waals surface area (Å²) in [7, 11) is 1.75. The van der Waals surface area contributed by atoms with Gasteiger partial charge in [0, 0.05) is 9.37 Å². The van der Waals surface area contributed by atoms with Crippen LogP contribution in [0, 0.1) is 0 Å². The number of rotatable bonds is 8. The molecule has 0 spiro atoms. The zero-order chi connectivity index (χ0) is 19.8. The van der Waals surface area contributed by atoms with Crippen molar-refractivity contribution in [3.05, 3.63) is 58.6 Å². The van der Waals surface area contributed by atoms with Gasteiger partial charge in [0.2, 0.25) is 11.8 Å². The second-order valence-corrected chi connectivity index (χ2v) is 8.03. The summed E-state index contributed by atoms with van der Waals surface area (Å²) in [5.74, 6) is -0.266. The molecule has 0 radical (unpaired) electrons. The van der Waals surface area contributed by atoms with E-state index in [1.165, 1.54) is 0 Å². The quantitative estimate of drug-likeness (QED) is 0.599. The number of carbonyl (C=O) groups excluding carboxylic acids is 2. The Morgan fingerprint density at radius 2 is 1.70 bits per heavy atom. The molecule has 144 valence electrons. The summed E-state index contributed by atoms with van der Waals surface area (Å²) < 4.78 is 0.999. The van der Waals surface area contributed by atoms with Gasteiger partial charge in [0.25, 0.3) is 0 Å². The van der Waals surface area contributed by atoms with Crippen LogP contribution in [0.25, 0.3) is 0 Å². The van der Waals surface area contributed by atoms with E-state index in [-0.39, 0.29) is 30.9 Å². The summed E-state index contributed by atoms with van der Waals surface area (Å²) in [6.07, 6.45) is 1.97. The molecule has 0 aliphatic rings. The predicted octanol–water partition coefficient (Wildman–Crippen LogP) is 3.92. The molecule has 0 aliphatic carbocycles. The van der Waals surface area contributed by atoms with Crippen LogP contribution in [0.15, 0.2) is 57.9 Å². The van der Waals surface area contributed by atoms with Crippen molar-refractivity contribution in [2.45, 2.75) is 17.9 Å². The first-order chi connectivity index (χ1) is 12.9. The summed E-state index contributed by atoms with van der Waals surface area (Å²) in [6, 6.07) is 15.4. The van der Waals surface area contributed by atoms with Gasteiger partial charge in [0.1, 0.15) is 0 Å². The number of anilines is 1. The molecule has 1 atom stereocenters. The van der Waals surface area contributed by atoms with Crippen LogP contribution in [0.4, 0.5) is 5.69 Å². The van der Waals surface area contributed by atoms with E-state index in [9.17, 15) is 9.59 Å². The van der Waals surface area contributed by atoms with Crippen molar-refractivity contribution in [2.24, 2.45) is 0 Å². The van der Waals surface area contributed by atoms with Gasteiger partial charge in [0.15, 0.2) is 0 Å². The summed E-state index contributed by atoms with van der Waals surface area (Å²) in [5.41, 5.74) is 1.82. The minimum atomic E-state index is -0.146. The predicted molar refractivity (Wildman–Crippen MR) is 115 cm³/mol. The molecule has 0 aliphatic heterocycles. The minimum absolute atomic E-state index is 0.0960. The van der Waals surface area contributed by atoms with Gasteiger partial charge in [-0.1, -0.05) is 40.2 Å². The van der Waals surface area contributed by atoms with Gasteiger partial charge in [-0.15, -0.1) is 11.8 Å². The van der Waals surface area contributed by atoms with Gasteiger partial charge >= 0.3 is 0 Å². The summed E-state index contributed by atoms with van der Waals surface area (Å²) in [6.45, 7) is 2.23. The van der Waals surface area contributed by atoms with Crippen LogP contribution in [-0.2, 0) is 9.59 Å². The topological polar surface area (TPSA) is 61.4 Å². The molecule has 2 N–H and O–H groups in total. The minimum Gasteiger partial charge on any atom is -0.348 e. The van der Waals surface area contributed by atoms with Crippen LogP contribution >= 0.6 is 27.7 Å². The summed E-state index contributed by atoms with van der Waals surface area (Å²) in [5, 5.41) is 5.86. The Bertz CT molecular complexity index is 783. The molecular weight excluding hydrogens is 426 g/mol. The molecule has 0 saturated carbocycles. The molecule has 0 bridgehead atoms. The van der Waals surface area contributed by atoms with Crippen LogP contribution in [0.2, 0.25) is 0 Å². The Morgan fingerprint density at radius 1 is 1.07 bits per heavy atom. The molecular formula is C20H24BrN3O2S. The van der Waals surface area contributed by atoms with Crippen LogP contribution < -0.4 is 10.6 Å². The highest BCUT2D eigenvalue weighted by atomic mass is 79.9. The van der Waals surface area contributed by atoms with Crippen molar-refractivity contribution in [1.29, 1.82) is 0 Å². The standard InChI is InChI=1S/C20H24BrN3O2S/c1-14(15-8-10-16(21)11-9-15)22-19(25)12-24(2)13-20(26)23-17-6-4-5-7-18(17)27-3/h4-11,14H,12-13H2,1-3H3,(H,22,25)(H,23,26). The molecule has 7 heteroatoms. The lowest BCUT2D eigenvalue weighted by Gasteiger charge is -2.19. The maximum absolute atomic E-state index is 12.2. The van der Waals surface area contributed by atoms with Crippen LogP contribution in [0.3, 0.4) is 0 Å². The van der Waals surface area contributed by atoms with Gasteiger partial charge in [-0.25, -0.2) is 0 Å². The fourth-order valence-electron chi connectivity index (χ4n) is 2.61. The lowest BCUT2D eigenvalue weighted by molar-refractivity contribution is -0.123. The lowest BCUT2D eigenvalue weighted by Crippen LogP contribution is -2.39. The van der Waals surface area contributed by atoms with Crippen molar-refractivity contribution >= 4 is 45.2 Å². The number of hydrogen-bond donors (Lipinski definition) is 2. The zero-order valence-electron chi connectivity index (χ0n) is 15.7. The van der Waals surface area contributed by atoms with E-state index < -0.39 is 0 Å². The van der Waals surface area contributed by atoms with E-state index in [2.05, 4.69) is 26.6 Å². The highest BCUT2D eigenvalue weighted by molar-refractivity contribution is 9.10. The fraction of sp³-hybridized carbons (Fsp3) is 0.300. The highest BCUT2D eigenvalue weighted by Crippen LogP contribution is 2.24. The number of benzene rings is 2. The first-order valence-electron chi connectivity index (χ1n) is 8.55. The molecule has 5 nitrogen and oxygen atoms in total. The van der Waals surface area contributed by atoms with E-state index in [4.69, 9.17) is 0 Å². The average molecular weight is 450 g/mol. The normalized spacial score (nSPS) is 11.9. The maximum atomic E-state index is 12.2. The average Bonchev–Trinajstić information content (AvgIpc) is 2.62. The number of carbonyl (C=O) groups is 2. The van der Waals surface area contributed by atoms with E-state index in [1.807, 2.05) is 61.7 Å². The van der Waals surface area contributed by atoms with Gasteiger partial charge < -0.3 is 10.6 Å². The molecule has 0 aromatic heterocycles. The van der Waals surface area contributed by atoms with Crippen molar-refractivity contribution < 1.29 is 9.59 Å². The Balaban J connectivity index is 1.81. The van der Waals surface area contributed by atoms with Crippen molar-refractivity contribution in [3.8, 4) is 0 Å². The number of nitrogens with zero attached hydrogens (tertiary/aromatic N) is 1. The summed E-state index contributed by atoms with van der Waals surface area (Å²) in [4.78, 5) is 27.2. The monoisotopic (exact) mass is 449 g/mol. The number of likely N-dealkylation sites (N-methyl/N-ethyl adjacent to an activating group) is 1. The molecule has 27 heavy (non-hydrogen) atoms. The Kier molecular flexibility index (Phi) is 8.34. The highest BCUT2D eigenvalue weighted by Gasteiger charge is 2.14. The van der Waals surface area contributed by atoms with Crippen LogP contribution in [0.1, 0.15) is 18.5 Å². The number of nitrogens with one attached hydrogen (secondary N) is 2. The lowest BCUT2D eigenvalue weighted by atomic mass is 10.1. The molecule has 2 aromatic carbocycles. The molecule has 2 aromatic rings. The van der Waals surface area contributed by atoms with Crippen LogP contribution in [0.5, 0.6) is 0 Å². The van der Waals surface area contributed by atoms with Gasteiger partial charge in [-0.05, 0) is 50.1 Å². The molecule has 0 fully saturated rings. The third-order valence-corrected chi connectivity index (χ3v) is 5.28. The van der Waals surface area contributed by atoms with Gasteiger partial charge in [-0.2, -0.15) is 0 Å². The SMILES string of the molecule is CSc1ccccc1NC(=O)CN(C)CC(=O)NC(C)c1ccc(Br)cc1. The van der Waals surface area contributed by atoms with E-state index >= 15 is 0 Å². The molecule has 2 rings (SSSR count). The number of thioether (sulfide) groups is 1. The van der Waals surface area contributed by atoms with E-state index in [0.717, 1.165) is 20.6 Å². The number of amides is 2. The number of hydrogen-bond acceptors (Lipinski definition) is 4. The fourth-order valence-corrected chi connectivity index (χ4v) is 3.42.